The summed E-state index contributed by atoms with van der Waals surface area (Å²) in [6.07, 6.45) is 4.37. The van der Waals surface area contributed by atoms with E-state index in [9.17, 15) is 4.79 Å². The Bertz CT molecular complexity index is 402. The number of hydrogen-bond acceptors (Lipinski definition) is 4. The van der Waals surface area contributed by atoms with Crippen molar-refractivity contribution in [3.05, 3.63) is 18.0 Å². The van der Waals surface area contributed by atoms with Gasteiger partial charge in [0.05, 0.1) is 12.2 Å². The van der Waals surface area contributed by atoms with Crippen molar-refractivity contribution >= 4 is 29.4 Å². The summed E-state index contributed by atoms with van der Waals surface area (Å²) in [5, 5.41) is 7.64. The molecule has 0 aromatic carbocycles. The zero-order chi connectivity index (χ0) is 13.0. The van der Waals surface area contributed by atoms with Crippen molar-refractivity contribution in [3.63, 3.8) is 0 Å². The van der Waals surface area contributed by atoms with Crippen molar-refractivity contribution in [1.82, 2.24) is 15.1 Å². The van der Waals surface area contributed by atoms with Gasteiger partial charge in [0.25, 0.3) is 0 Å². The number of hydrogen-bond donors (Lipinski definition) is 1. The van der Waals surface area contributed by atoms with Crippen molar-refractivity contribution in [2.24, 2.45) is 7.05 Å². The molecule has 1 amide bonds. The minimum Gasteiger partial charge on any atom is -0.349 e. The van der Waals surface area contributed by atoms with Crippen LogP contribution in [0.3, 0.4) is 0 Å². The predicted molar refractivity (Wildman–Crippen MR) is 78.0 cm³/mol. The minimum atomic E-state index is 0.0347. The van der Waals surface area contributed by atoms with Gasteiger partial charge in [-0.15, -0.1) is 0 Å². The Labute approximate surface area is 116 Å². The highest BCUT2D eigenvalue weighted by molar-refractivity contribution is 8.06. The Morgan fingerprint density at radius 2 is 2.50 bits per heavy atom. The number of rotatable bonds is 4. The zero-order valence-electron chi connectivity index (χ0n) is 10.8. The van der Waals surface area contributed by atoms with Crippen molar-refractivity contribution in [2.75, 3.05) is 17.3 Å². The fourth-order valence-electron chi connectivity index (χ4n) is 1.91. The van der Waals surface area contributed by atoms with Gasteiger partial charge in [0, 0.05) is 47.7 Å². The molecule has 2 heterocycles. The van der Waals surface area contributed by atoms with Crippen molar-refractivity contribution in [2.45, 2.75) is 24.6 Å². The number of amides is 1. The number of carbonyl (C=O) groups excluding carboxylic acids is 1. The van der Waals surface area contributed by atoms with E-state index < -0.39 is 0 Å². The van der Waals surface area contributed by atoms with Crippen LogP contribution < -0.4 is 5.32 Å². The van der Waals surface area contributed by atoms with E-state index in [0.717, 1.165) is 11.3 Å². The minimum absolute atomic E-state index is 0.0347. The second-order valence-corrected chi connectivity index (χ2v) is 7.07. The second kappa shape index (κ2) is 6.52. The maximum absolute atomic E-state index is 11.9. The number of aromatic nitrogens is 2. The maximum atomic E-state index is 11.9. The average molecular weight is 285 g/mol. The molecule has 1 saturated heterocycles. The Morgan fingerprint density at radius 1 is 1.67 bits per heavy atom. The summed E-state index contributed by atoms with van der Waals surface area (Å²) in [6.45, 7) is 2.00. The van der Waals surface area contributed by atoms with Gasteiger partial charge < -0.3 is 5.32 Å². The molecule has 1 aliphatic rings. The summed E-state index contributed by atoms with van der Waals surface area (Å²) in [4.78, 5) is 11.9. The molecular formula is C12H19N3OS2. The van der Waals surface area contributed by atoms with Gasteiger partial charge in [-0.25, -0.2) is 0 Å². The summed E-state index contributed by atoms with van der Waals surface area (Å²) >= 11 is 3.87. The third-order valence-electron chi connectivity index (χ3n) is 2.90. The van der Waals surface area contributed by atoms with Crippen LogP contribution in [-0.4, -0.2) is 38.2 Å². The Morgan fingerprint density at radius 3 is 3.11 bits per heavy atom. The van der Waals surface area contributed by atoms with Crippen LogP contribution in [0.2, 0.25) is 0 Å². The van der Waals surface area contributed by atoms with Crippen LogP contribution in [0.5, 0.6) is 0 Å². The normalized spacial score (nSPS) is 21.6. The van der Waals surface area contributed by atoms with Crippen LogP contribution in [0.25, 0.3) is 0 Å². The van der Waals surface area contributed by atoms with E-state index in [1.165, 1.54) is 11.5 Å². The van der Waals surface area contributed by atoms with Gasteiger partial charge in [-0.3, -0.25) is 9.48 Å². The molecule has 4 nitrogen and oxygen atoms in total. The van der Waals surface area contributed by atoms with Crippen molar-refractivity contribution in [1.29, 1.82) is 0 Å². The van der Waals surface area contributed by atoms with E-state index in [1.54, 1.807) is 10.9 Å². The number of nitrogens with zero attached hydrogens (tertiary/aromatic N) is 2. The monoisotopic (exact) mass is 285 g/mol. The molecule has 0 unspecified atom stereocenters. The van der Waals surface area contributed by atoms with E-state index in [1.807, 2.05) is 43.7 Å². The largest absolute Gasteiger partial charge is 0.349 e. The molecule has 1 aliphatic heterocycles. The van der Waals surface area contributed by atoms with Crippen LogP contribution in [0.1, 0.15) is 24.9 Å². The molecule has 1 fully saturated rings. The zero-order valence-corrected chi connectivity index (χ0v) is 12.4. The lowest BCUT2D eigenvalue weighted by Crippen LogP contribution is -2.30. The standard InChI is InChI=1S/C12H19N3OS2/c1-9(10-6-13-15(2)7-10)14-12(16)5-11-8-17-3-4-18-11/h6-7,9,11H,3-5,8H2,1-2H3,(H,14,16)/t9-,11-/m1/s1. The van der Waals surface area contributed by atoms with Crippen molar-refractivity contribution in [3.8, 4) is 0 Å². The predicted octanol–water partition coefficient (Wildman–Crippen LogP) is 1.84. The first kappa shape index (κ1) is 13.8. The molecule has 18 heavy (non-hydrogen) atoms. The third-order valence-corrected chi connectivity index (χ3v) is 5.75. The van der Waals surface area contributed by atoms with Crippen LogP contribution in [0.4, 0.5) is 0 Å². The molecule has 0 aliphatic carbocycles. The van der Waals surface area contributed by atoms with E-state index in [2.05, 4.69) is 10.4 Å². The summed E-state index contributed by atoms with van der Waals surface area (Å²) < 4.78 is 1.76. The SMILES string of the molecule is C[C@@H](NC(=O)C[C@@H]1CSCCS1)c1cnn(C)c1. The number of nitrogens with one attached hydrogen (secondary N) is 1. The summed E-state index contributed by atoms with van der Waals surface area (Å²) in [5.41, 5.74) is 1.05. The molecule has 100 valence electrons. The fourth-order valence-corrected chi connectivity index (χ4v) is 4.59. The van der Waals surface area contributed by atoms with E-state index in [-0.39, 0.29) is 11.9 Å². The maximum Gasteiger partial charge on any atom is 0.221 e. The molecule has 1 N–H and O–H groups in total. The first-order valence-electron chi connectivity index (χ1n) is 6.12. The first-order valence-corrected chi connectivity index (χ1v) is 8.33. The number of carbonyl (C=O) groups is 1. The number of aryl methyl sites for hydroxylation is 1. The quantitative estimate of drug-likeness (QED) is 0.917. The molecule has 0 saturated carbocycles. The lowest BCUT2D eigenvalue weighted by Gasteiger charge is -2.21. The van der Waals surface area contributed by atoms with Gasteiger partial charge in [-0.05, 0) is 6.92 Å². The van der Waals surface area contributed by atoms with Gasteiger partial charge in [-0.2, -0.15) is 28.6 Å². The lowest BCUT2D eigenvalue weighted by molar-refractivity contribution is -0.121. The molecule has 0 radical (unpaired) electrons. The summed E-state index contributed by atoms with van der Waals surface area (Å²) in [7, 11) is 1.88. The Balaban J connectivity index is 1.79. The molecule has 0 bridgehead atoms. The molecule has 1 aromatic heterocycles. The molecule has 2 atom stereocenters. The molecule has 2 rings (SSSR count). The highest BCUT2D eigenvalue weighted by atomic mass is 32.2. The van der Waals surface area contributed by atoms with Gasteiger partial charge in [0.1, 0.15) is 0 Å². The highest BCUT2D eigenvalue weighted by Crippen LogP contribution is 2.26. The topological polar surface area (TPSA) is 46.9 Å². The van der Waals surface area contributed by atoms with E-state index in [0.29, 0.717) is 11.7 Å². The third kappa shape index (κ3) is 3.95. The smallest absolute Gasteiger partial charge is 0.221 e. The first-order chi connectivity index (χ1) is 8.65. The van der Waals surface area contributed by atoms with Gasteiger partial charge in [-0.1, -0.05) is 0 Å². The highest BCUT2D eigenvalue weighted by Gasteiger charge is 2.19. The van der Waals surface area contributed by atoms with Crippen LogP contribution >= 0.6 is 23.5 Å². The molecule has 0 spiro atoms. The molecular weight excluding hydrogens is 266 g/mol. The molecule has 6 heteroatoms. The van der Waals surface area contributed by atoms with Gasteiger partial charge in [0.15, 0.2) is 0 Å². The Kier molecular flexibility index (Phi) is 5.00. The van der Waals surface area contributed by atoms with E-state index in [4.69, 9.17) is 0 Å². The van der Waals surface area contributed by atoms with Crippen LogP contribution in [0.15, 0.2) is 12.4 Å². The second-order valence-electron chi connectivity index (χ2n) is 4.51. The van der Waals surface area contributed by atoms with Crippen molar-refractivity contribution < 1.29 is 4.79 Å². The van der Waals surface area contributed by atoms with E-state index >= 15 is 0 Å². The lowest BCUT2D eigenvalue weighted by atomic mass is 10.2. The Hall–Kier alpha value is -0.620. The summed E-state index contributed by atoms with van der Waals surface area (Å²) in [6, 6.07) is 0.0347. The average Bonchev–Trinajstić information content (AvgIpc) is 2.77. The van der Waals surface area contributed by atoms with Crippen LogP contribution in [0, 0.1) is 0 Å². The van der Waals surface area contributed by atoms with Gasteiger partial charge >= 0.3 is 0 Å². The van der Waals surface area contributed by atoms with Gasteiger partial charge in [0.2, 0.25) is 5.91 Å². The molecule has 1 aromatic rings. The number of thioether (sulfide) groups is 2. The summed E-state index contributed by atoms with van der Waals surface area (Å²) in [5.74, 6) is 3.63. The fraction of sp³-hybridized carbons (Fsp3) is 0.667. The van der Waals surface area contributed by atoms with Crippen LogP contribution in [-0.2, 0) is 11.8 Å².